The Morgan fingerprint density at radius 1 is 0.393 bits per heavy atom. The SMILES string of the molecule is c1ccc(-c2cccc(-c3nc(-c4ccccc4)nc(-c4ccc5c(-c6c7nc(-c8ccccc8)sc7cc7oc8ccccc8c67)cccc5c4)n3)c2)cc1. The molecule has 0 saturated heterocycles. The Labute approximate surface area is 326 Å². The van der Waals surface area contributed by atoms with E-state index in [0.29, 0.717) is 17.5 Å². The lowest BCUT2D eigenvalue weighted by molar-refractivity contribution is 0.669. The Hall–Kier alpha value is -7.28. The fraction of sp³-hybridized carbons (Fsp3) is 0. The van der Waals surface area contributed by atoms with Gasteiger partial charge in [0.2, 0.25) is 0 Å². The number of hydrogen-bond acceptors (Lipinski definition) is 6. The highest BCUT2D eigenvalue weighted by Crippen LogP contribution is 2.46. The minimum atomic E-state index is 0.614. The van der Waals surface area contributed by atoms with Crippen molar-refractivity contribution < 1.29 is 4.42 Å². The molecular weight excluding hydrogens is 705 g/mol. The van der Waals surface area contributed by atoms with E-state index >= 15 is 0 Å². The number of furan rings is 1. The predicted octanol–water partition coefficient (Wildman–Crippen LogP) is 13.5. The summed E-state index contributed by atoms with van der Waals surface area (Å²) in [5.74, 6) is 1.87. The van der Waals surface area contributed by atoms with Crippen LogP contribution in [0.3, 0.4) is 0 Å². The summed E-state index contributed by atoms with van der Waals surface area (Å²) in [7, 11) is 0. The number of rotatable bonds is 6. The van der Waals surface area contributed by atoms with Gasteiger partial charge in [0.15, 0.2) is 17.5 Å². The molecule has 0 unspecified atom stereocenters. The number of para-hydroxylation sites is 1. The molecule has 0 aliphatic rings. The van der Waals surface area contributed by atoms with Crippen LogP contribution in [0.5, 0.6) is 0 Å². The van der Waals surface area contributed by atoms with Crippen molar-refractivity contribution >= 4 is 54.3 Å². The van der Waals surface area contributed by atoms with E-state index in [2.05, 4.69) is 127 Å². The molecule has 0 bridgehead atoms. The van der Waals surface area contributed by atoms with Gasteiger partial charge in [-0.15, -0.1) is 11.3 Å². The van der Waals surface area contributed by atoms with Crippen LogP contribution in [-0.2, 0) is 0 Å². The molecule has 11 rings (SSSR count). The van der Waals surface area contributed by atoms with Gasteiger partial charge in [-0.25, -0.2) is 19.9 Å². The van der Waals surface area contributed by atoms with Gasteiger partial charge < -0.3 is 4.42 Å². The van der Waals surface area contributed by atoms with Crippen molar-refractivity contribution in [3.8, 4) is 67.0 Å². The summed E-state index contributed by atoms with van der Waals surface area (Å²) in [5, 5.41) is 5.31. The van der Waals surface area contributed by atoms with E-state index in [1.165, 1.54) is 0 Å². The standard InChI is InChI=1S/C50H30N4OS/c1-4-14-31(15-5-1)34-20-12-22-36(28-34)48-52-47(32-16-6-2-7-17-32)53-49(54-48)37-26-27-38-35(29-37)21-13-24-39(38)45-44-40-23-10-11-25-41(40)55-42(44)30-43-46(45)51-50(56-43)33-18-8-3-9-19-33/h1-30H. The highest BCUT2D eigenvalue weighted by Gasteiger charge is 2.22. The van der Waals surface area contributed by atoms with Crippen molar-refractivity contribution in [2.75, 3.05) is 0 Å². The summed E-state index contributed by atoms with van der Waals surface area (Å²) in [6.45, 7) is 0. The zero-order valence-electron chi connectivity index (χ0n) is 29.9. The van der Waals surface area contributed by atoms with Crippen molar-refractivity contribution in [3.05, 3.63) is 182 Å². The summed E-state index contributed by atoms with van der Waals surface area (Å²) < 4.78 is 7.60. The Morgan fingerprint density at radius 2 is 1.00 bits per heavy atom. The van der Waals surface area contributed by atoms with Gasteiger partial charge in [0.1, 0.15) is 16.2 Å². The third kappa shape index (κ3) is 5.54. The molecule has 0 fully saturated rings. The Morgan fingerprint density at radius 3 is 1.77 bits per heavy atom. The van der Waals surface area contributed by atoms with Crippen LogP contribution in [0, 0.1) is 0 Å². The highest BCUT2D eigenvalue weighted by molar-refractivity contribution is 7.21. The van der Waals surface area contributed by atoms with Crippen LogP contribution in [0.25, 0.3) is 110 Å². The normalized spacial score (nSPS) is 11.6. The van der Waals surface area contributed by atoms with Gasteiger partial charge >= 0.3 is 0 Å². The second-order valence-corrected chi connectivity index (χ2v) is 14.8. The predicted molar refractivity (Wildman–Crippen MR) is 230 cm³/mol. The van der Waals surface area contributed by atoms with Gasteiger partial charge in [-0.1, -0.05) is 158 Å². The largest absolute Gasteiger partial charge is 0.456 e. The van der Waals surface area contributed by atoms with Gasteiger partial charge in [0.25, 0.3) is 0 Å². The first-order chi connectivity index (χ1) is 27.7. The van der Waals surface area contributed by atoms with Gasteiger partial charge in [-0.05, 0) is 45.7 Å². The molecule has 0 N–H and O–H groups in total. The zero-order valence-corrected chi connectivity index (χ0v) is 30.7. The van der Waals surface area contributed by atoms with Gasteiger partial charge in [-0.2, -0.15) is 0 Å². The van der Waals surface area contributed by atoms with E-state index in [-0.39, 0.29) is 0 Å². The molecule has 0 spiro atoms. The molecule has 3 heterocycles. The summed E-state index contributed by atoms with van der Waals surface area (Å²) in [5.41, 5.74) is 11.0. The Balaban J connectivity index is 1.10. The van der Waals surface area contributed by atoms with Crippen LogP contribution >= 0.6 is 11.3 Å². The number of benzene rings is 8. The van der Waals surface area contributed by atoms with Crippen molar-refractivity contribution in [3.63, 3.8) is 0 Å². The zero-order chi connectivity index (χ0) is 37.0. The van der Waals surface area contributed by atoms with Crippen LogP contribution in [0.4, 0.5) is 0 Å². The summed E-state index contributed by atoms with van der Waals surface area (Å²) >= 11 is 1.69. The monoisotopic (exact) mass is 734 g/mol. The Kier molecular flexibility index (Phi) is 7.60. The van der Waals surface area contributed by atoms with E-state index < -0.39 is 0 Å². The van der Waals surface area contributed by atoms with E-state index in [9.17, 15) is 0 Å². The molecule has 3 aromatic heterocycles. The van der Waals surface area contributed by atoms with Crippen LogP contribution in [-0.4, -0.2) is 19.9 Å². The molecule has 0 saturated carbocycles. The van der Waals surface area contributed by atoms with Crippen molar-refractivity contribution in [1.82, 2.24) is 19.9 Å². The smallest absolute Gasteiger partial charge is 0.164 e. The molecule has 6 heteroatoms. The molecule has 0 amide bonds. The maximum Gasteiger partial charge on any atom is 0.164 e. The summed E-state index contributed by atoms with van der Waals surface area (Å²) in [4.78, 5) is 20.5. The summed E-state index contributed by atoms with van der Waals surface area (Å²) in [6, 6.07) is 62.7. The number of aromatic nitrogens is 4. The molecule has 0 aliphatic heterocycles. The fourth-order valence-electron chi connectivity index (χ4n) is 7.70. The molecule has 8 aromatic carbocycles. The minimum absolute atomic E-state index is 0.614. The average Bonchev–Trinajstić information content (AvgIpc) is 3.87. The van der Waals surface area contributed by atoms with Gasteiger partial charge in [0.05, 0.1) is 10.2 Å². The maximum atomic E-state index is 6.51. The number of thiazole rings is 1. The molecule has 262 valence electrons. The second kappa shape index (κ2) is 13.2. The van der Waals surface area contributed by atoms with Gasteiger partial charge in [0, 0.05) is 44.7 Å². The molecule has 0 radical (unpaired) electrons. The first kappa shape index (κ1) is 32.2. The topological polar surface area (TPSA) is 64.7 Å². The molecule has 0 aliphatic carbocycles. The minimum Gasteiger partial charge on any atom is -0.456 e. The maximum absolute atomic E-state index is 6.51. The van der Waals surface area contributed by atoms with E-state index in [1.807, 2.05) is 54.6 Å². The third-order valence-corrected chi connectivity index (χ3v) is 11.4. The quantitative estimate of drug-likeness (QED) is 0.170. The molecule has 56 heavy (non-hydrogen) atoms. The first-order valence-corrected chi connectivity index (χ1v) is 19.4. The van der Waals surface area contributed by atoms with E-state index in [1.54, 1.807) is 11.3 Å². The first-order valence-electron chi connectivity index (χ1n) is 18.5. The average molecular weight is 735 g/mol. The van der Waals surface area contributed by atoms with Crippen LogP contribution in [0.15, 0.2) is 186 Å². The fourth-order valence-corrected chi connectivity index (χ4v) is 8.71. The van der Waals surface area contributed by atoms with Crippen molar-refractivity contribution in [2.45, 2.75) is 0 Å². The lowest BCUT2D eigenvalue weighted by Crippen LogP contribution is -2.00. The van der Waals surface area contributed by atoms with E-state index in [4.69, 9.17) is 24.4 Å². The van der Waals surface area contributed by atoms with Crippen LogP contribution < -0.4 is 0 Å². The third-order valence-electron chi connectivity index (χ3n) is 10.3. The number of hydrogen-bond donors (Lipinski definition) is 0. The highest BCUT2D eigenvalue weighted by atomic mass is 32.1. The van der Waals surface area contributed by atoms with Crippen molar-refractivity contribution in [1.29, 1.82) is 0 Å². The second-order valence-electron chi connectivity index (χ2n) is 13.8. The van der Waals surface area contributed by atoms with Crippen LogP contribution in [0.1, 0.15) is 0 Å². The summed E-state index contributed by atoms with van der Waals surface area (Å²) in [6.07, 6.45) is 0. The lowest BCUT2D eigenvalue weighted by Gasteiger charge is -2.12. The van der Waals surface area contributed by atoms with Gasteiger partial charge in [-0.3, -0.25) is 0 Å². The Bertz CT molecular complexity index is 3250. The molecule has 0 atom stereocenters. The lowest BCUT2D eigenvalue weighted by atomic mass is 9.93. The van der Waals surface area contributed by atoms with E-state index in [0.717, 1.165) is 92.4 Å². The van der Waals surface area contributed by atoms with Crippen molar-refractivity contribution in [2.24, 2.45) is 0 Å². The number of fused-ring (bicyclic) bond motifs is 5. The number of nitrogens with zero attached hydrogens (tertiary/aromatic N) is 4. The van der Waals surface area contributed by atoms with Crippen LogP contribution in [0.2, 0.25) is 0 Å². The molecule has 11 aromatic rings. The molecular formula is C50H30N4OS. The molecule has 5 nitrogen and oxygen atoms in total.